The van der Waals surface area contributed by atoms with Crippen LogP contribution in [0.1, 0.15) is 34.8 Å². The van der Waals surface area contributed by atoms with Crippen molar-refractivity contribution < 1.29 is 9.90 Å². The third kappa shape index (κ3) is 2.25. The SMILES string of the molecule is O=C(O)c1cccnc1N1CCCC1c1ccccc1. The molecule has 1 unspecified atom stereocenters. The van der Waals surface area contributed by atoms with E-state index in [0.717, 1.165) is 19.4 Å². The number of anilines is 1. The number of carboxylic acid groups (broad SMARTS) is 1. The van der Waals surface area contributed by atoms with Crippen LogP contribution < -0.4 is 4.90 Å². The molecule has 3 rings (SSSR count). The van der Waals surface area contributed by atoms with E-state index in [-0.39, 0.29) is 11.6 Å². The minimum atomic E-state index is -0.924. The molecule has 0 radical (unpaired) electrons. The molecule has 1 N–H and O–H groups in total. The molecule has 1 aromatic carbocycles. The summed E-state index contributed by atoms with van der Waals surface area (Å²) in [5.74, 6) is -0.349. The summed E-state index contributed by atoms with van der Waals surface area (Å²) in [4.78, 5) is 17.8. The van der Waals surface area contributed by atoms with Crippen molar-refractivity contribution in [2.24, 2.45) is 0 Å². The Hall–Kier alpha value is -2.36. The summed E-state index contributed by atoms with van der Waals surface area (Å²) in [5, 5.41) is 9.32. The van der Waals surface area contributed by atoms with E-state index >= 15 is 0 Å². The van der Waals surface area contributed by atoms with Crippen molar-refractivity contribution in [1.29, 1.82) is 0 Å². The van der Waals surface area contributed by atoms with Crippen molar-refractivity contribution in [2.75, 3.05) is 11.4 Å². The van der Waals surface area contributed by atoms with Crippen molar-refractivity contribution in [1.82, 2.24) is 4.98 Å². The maximum Gasteiger partial charge on any atom is 0.339 e. The van der Waals surface area contributed by atoms with Crippen LogP contribution >= 0.6 is 0 Å². The molecule has 4 nitrogen and oxygen atoms in total. The van der Waals surface area contributed by atoms with Crippen molar-refractivity contribution >= 4 is 11.8 Å². The number of carbonyl (C=O) groups is 1. The van der Waals surface area contributed by atoms with E-state index in [0.29, 0.717) is 5.82 Å². The lowest BCUT2D eigenvalue weighted by atomic mass is 10.0. The van der Waals surface area contributed by atoms with Crippen LogP contribution in [0, 0.1) is 0 Å². The molecule has 0 aliphatic carbocycles. The van der Waals surface area contributed by atoms with E-state index in [1.807, 2.05) is 18.2 Å². The van der Waals surface area contributed by atoms with Crippen molar-refractivity contribution in [3.63, 3.8) is 0 Å². The Morgan fingerprint density at radius 3 is 2.75 bits per heavy atom. The molecule has 2 heterocycles. The number of pyridine rings is 1. The molecule has 1 aliphatic rings. The molecule has 1 saturated heterocycles. The molecule has 1 aromatic heterocycles. The van der Waals surface area contributed by atoms with Crippen LogP contribution in [0.25, 0.3) is 0 Å². The van der Waals surface area contributed by atoms with Crippen molar-refractivity contribution in [3.8, 4) is 0 Å². The van der Waals surface area contributed by atoms with Crippen LogP contribution in [0.5, 0.6) is 0 Å². The largest absolute Gasteiger partial charge is 0.478 e. The molecule has 4 heteroatoms. The Kier molecular flexibility index (Phi) is 3.37. The highest BCUT2D eigenvalue weighted by Crippen LogP contribution is 2.36. The molecule has 0 saturated carbocycles. The first-order chi connectivity index (χ1) is 9.77. The molecule has 0 amide bonds. The van der Waals surface area contributed by atoms with E-state index < -0.39 is 5.97 Å². The smallest absolute Gasteiger partial charge is 0.339 e. The monoisotopic (exact) mass is 268 g/mol. The van der Waals surface area contributed by atoms with Gasteiger partial charge in [0.15, 0.2) is 0 Å². The van der Waals surface area contributed by atoms with Gasteiger partial charge in [-0.25, -0.2) is 9.78 Å². The first-order valence-corrected chi connectivity index (χ1v) is 6.77. The molecule has 0 spiro atoms. The van der Waals surface area contributed by atoms with Crippen molar-refractivity contribution in [3.05, 3.63) is 59.8 Å². The number of hydrogen-bond donors (Lipinski definition) is 1. The first kappa shape index (κ1) is 12.7. The fourth-order valence-electron chi connectivity index (χ4n) is 2.83. The minimum absolute atomic E-state index is 0.212. The Morgan fingerprint density at radius 1 is 1.20 bits per heavy atom. The number of hydrogen-bond acceptors (Lipinski definition) is 3. The molecule has 0 bridgehead atoms. The maximum absolute atomic E-state index is 11.4. The van der Waals surface area contributed by atoms with E-state index in [9.17, 15) is 9.90 Å². The molecule has 1 aliphatic heterocycles. The second-order valence-corrected chi connectivity index (χ2v) is 4.94. The summed E-state index contributed by atoms with van der Waals surface area (Å²) in [6.45, 7) is 0.844. The van der Waals surface area contributed by atoms with Crippen LogP contribution in [0.15, 0.2) is 48.7 Å². The summed E-state index contributed by atoms with van der Waals surface area (Å²) in [6, 6.07) is 13.7. The van der Waals surface area contributed by atoms with Gasteiger partial charge in [-0.15, -0.1) is 0 Å². The van der Waals surface area contributed by atoms with Gasteiger partial charge in [-0.3, -0.25) is 0 Å². The van der Waals surface area contributed by atoms with Crippen LogP contribution in [-0.2, 0) is 0 Å². The zero-order valence-electron chi connectivity index (χ0n) is 11.1. The van der Waals surface area contributed by atoms with Gasteiger partial charge in [0.25, 0.3) is 0 Å². The van der Waals surface area contributed by atoms with E-state index in [4.69, 9.17) is 0 Å². The highest BCUT2D eigenvalue weighted by Gasteiger charge is 2.29. The first-order valence-electron chi connectivity index (χ1n) is 6.77. The number of rotatable bonds is 3. The lowest BCUT2D eigenvalue weighted by molar-refractivity contribution is 0.0697. The molecule has 102 valence electrons. The Balaban J connectivity index is 1.99. The summed E-state index contributed by atoms with van der Waals surface area (Å²) >= 11 is 0. The van der Waals surface area contributed by atoms with Gasteiger partial charge in [0, 0.05) is 12.7 Å². The standard InChI is InChI=1S/C16H16N2O2/c19-16(20)13-8-4-10-17-15(13)18-11-5-9-14(18)12-6-2-1-3-7-12/h1-4,6-8,10,14H,5,9,11H2,(H,19,20). The summed E-state index contributed by atoms with van der Waals surface area (Å²) in [7, 11) is 0. The molecule has 1 atom stereocenters. The third-order valence-electron chi connectivity index (χ3n) is 3.73. The van der Waals surface area contributed by atoms with Crippen LogP contribution in [-0.4, -0.2) is 22.6 Å². The summed E-state index contributed by atoms with van der Waals surface area (Å²) < 4.78 is 0. The van der Waals surface area contributed by atoms with Gasteiger partial charge >= 0.3 is 5.97 Å². The Labute approximate surface area is 117 Å². The molecule has 20 heavy (non-hydrogen) atoms. The van der Waals surface area contributed by atoms with Gasteiger partial charge in [-0.2, -0.15) is 0 Å². The Bertz CT molecular complexity index is 613. The van der Waals surface area contributed by atoms with Gasteiger partial charge in [-0.1, -0.05) is 30.3 Å². The number of carboxylic acids is 1. The predicted octanol–water partition coefficient (Wildman–Crippen LogP) is 3.12. The zero-order valence-corrected chi connectivity index (χ0v) is 11.1. The fourth-order valence-corrected chi connectivity index (χ4v) is 2.83. The lowest BCUT2D eigenvalue weighted by Crippen LogP contribution is -2.25. The quantitative estimate of drug-likeness (QED) is 0.929. The van der Waals surface area contributed by atoms with Gasteiger partial charge in [0.2, 0.25) is 0 Å². The summed E-state index contributed by atoms with van der Waals surface area (Å²) in [6.07, 6.45) is 3.73. The van der Waals surface area contributed by atoms with Crippen LogP contribution in [0.3, 0.4) is 0 Å². The molecule has 2 aromatic rings. The Morgan fingerprint density at radius 2 is 2.00 bits per heavy atom. The lowest BCUT2D eigenvalue weighted by Gasteiger charge is -2.27. The highest BCUT2D eigenvalue weighted by molar-refractivity contribution is 5.93. The second-order valence-electron chi connectivity index (χ2n) is 4.94. The second kappa shape index (κ2) is 5.33. The van der Waals surface area contributed by atoms with E-state index in [1.54, 1.807) is 18.3 Å². The van der Waals surface area contributed by atoms with E-state index in [2.05, 4.69) is 22.0 Å². The van der Waals surface area contributed by atoms with Crippen LogP contribution in [0.2, 0.25) is 0 Å². The van der Waals surface area contributed by atoms with Crippen molar-refractivity contribution in [2.45, 2.75) is 18.9 Å². The van der Waals surface area contributed by atoms with Crippen LogP contribution in [0.4, 0.5) is 5.82 Å². The average Bonchev–Trinajstić information content (AvgIpc) is 2.97. The van der Waals surface area contributed by atoms with E-state index in [1.165, 1.54) is 5.56 Å². The zero-order chi connectivity index (χ0) is 13.9. The molecule has 1 fully saturated rings. The number of benzene rings is 1. The molecular formula is C16H16N2O2. The van der Waals surface area contributed by atoms with Gasteiger partial charge < -0.3 is 10.0 Å². The van der Waals surface area contributed by atoms with Gasteiger partial charge in [0.1, 0.15) is 11.4 Å². The average molecular weight is 268 g/mol. The topological polar surface area (TPSA) is 53.4 Å². The number of nitrogens with zero attached hydrogens (tertiary/aromatic N) is 2. The molecular weight excluding hydrogens is 252 g/mol. The fraction of sp³-hybridized carbons (Fsp3) is 0.250. The third-order valence-corrected chi connectivity index (χ3v) is 3.73. The summed E-state index contributed by atoms with van der Waals surface area (Å²) in [5.41, 5.74) is 1.49. The number of aromatic nitrogens is 1. The van der Waals surface area contributed by atoms with Gasteiger partial charge in [-0.05, 0) is 30.5 Å². The van der Waals surface area contributed by atoms with Gasteiger partial charge in [0.05, 0.1) is 6.04 Å². The highest BCUT2D eigenvalue weighted by atomic mass is 16.4. The minimum Gasteiger partial charge on any atom is -0.478 e. The predicted molar refractivity (Wildman–Crippen MR) is 77.0 cm³/mol. The number of aromatic carboxylic acids is 1. The normalized spacial score (nSPS) is 18.2. The maximum atomic E-state index is 11.4.